The van der Waals surface area contributed by atoms with Gasteiger partial charge >= 0.3 is 0 Å². The first-order chi connectivity index (χ1) is 5.24. The summed E-state index contributed by atoms with van der Waals surface area (Å²) in [6.07, 6.45) is 1.04. The second kappa shape index (κ2) is 3.53. The Morgan fingerprint density at radius 2 is 2.45 bits per heavy atom. The van der Waals surface area contributed by atoms with E-state index < -0.39 is 5.82 Å². The van der Waals surface area contributed by atoms with Gasteiger partial charge in [-0.1, -0.05) is 11.6 Å². The quantitative estimate of drug-likeness (QED) is 0.688. The Kier molecular flexibility index (Phi) is 2.65. The van der Waals surface area contributed by atoms with Crippen LogP contribution in [0.3, 0.4) is 0 Å². The van der Waals surface area contributed by atoms with Gasteiger partial charge in [0.1, 0.15) is 0 Å². The van der Waals surface area contributed by atoms with Crippen LogP contribution >= 0.6 is 11.6 Å². The topological polar surface area (TPSA) is 22.1 Å². The van der Waals surface area contributed by atoms with Gasteiger partial charge in [-0.3, -0.25) is 0 Å². The lowest BCUT2D eigenvalue weighted by atomic mass is 10.5. The van der Waals surface area contributed by atoms with Crippen LogP contribution in [0.4, 0.5) is 4.39 Å². The molecule has 0 aliphatic carbocycles. The highest BCUT2D eigenvalue weighted by atomic mass is 35.5. The molecule has 11 heavy (non-hydrogen) atoms. The molecule has 1 aromatic heterocycles. The predicted molar refractivity (Wildman–Crippen MR) is 40.4 cm³/mol. The summed E-state index contributed by atoms with van der Waals surface area (Å²) in [6.45, 7) is 2.31. The van der Waals surface area contributed by atoms with E-state index in [1.165, 1.54) is 6.07 Å². The van der Waals surface area contributed by atoms with Crippen molar-refractivity contribution < 1.29 is 9.13 Å². The maximum Gasteiger partial charge on any atom is 0.214 e. The molecular weight excluding hydrogens is 169 g/mol. The van der Waals surface area contributed by atoms with Crippen molar-refractivity contribution in [2.75, 3.05) is 6.61 Å². The number of aromatic nitrogens is 1. The van der Waals surface area contributed by atoms with Crippen molar-refractivity contribution in [1.82, 2.24) is 4.98 Å². The molecule has 0 N–H and O–H groups in total. The van der Waals surface area contributed by atoms with Gasteiger partial charge in [0.25, 0.3) is 0 Å². The Morgan fingerprint density at radius 1 is 1.73 bits per heavy atom. The van der Waals surface area contributed by atoms with Crippen molar-refractivity contribution in [2.24, 2.45) is 0 Å². The minimum absolute atomic E-state index is 0.0310. The van der Waals surface area contributed by atoms with Gasteiger partial charge in [0.05, 0.1) is 17.8 Å². The first-order valence-corrected chi connectivity index (χ1v) is 3.55. The monoisotopic (exact) mass is 175 g/mol. The van der Waals surface area contributed by atoms with Crippen LogP contribution in [-0.4, -0.2) is 11.6 Å². The van der Waals surface area contributed by atoms with E-state index in [0.29, 0.717) is 12.5 Å². The SMILES string of the molecule is CCOc1cc(Cl)c(F)cn1. The van der Waals surface area contributed by atoms with E-state index in [2.05, 4.69) is 4.98 Å². The second-order valence-electron chi connectivity index (χ2n) is 1.87. The minimum Gasteiger partial charge on any atom is -0.478 e. The van der Waals surface area contributed by atoms with E-state index in [1.54, 1.807) is 0 Å². The number of ether oxygens (including phenoxy) is 1. The van der Waals surface area contributed by atoms with Crippen LogP contribution < -0.4 is 4.74 Å². The third-order valence-corrected chi connectivity index (χ3v) is 1.37. The zero-order chi connectivity index (χ0) is 8.27. The average molecular weight is 176 g/mol. The molecule has 0 radical (unpaired) electrons. The highest BCUT2D eigenvalue weighted by Gasteiger charge is 2.01. The van der Waals surface area contributed by atoms with E-state index in [9.17, 15) is 4.39 Å². The van der Waals surface area contributed by atoms with E-state index in [4.69, 9.17) is 16.3 Å². The van der Waals surface area contributed by atoms with E-state index in [0.717, 1.165) is 6.20 Å². The maximum absolute atomic E-state index is 12.5. The third kappa shape index (κ3) is 2.05. The lowest BCUT2D eigenvalue weighted by Gasteiger charge is -2.00. The zero-order valence-electron chi connectivity index (χ0n) is 5.97. The van der Waals surface area contributed by atoms with Gasteiger partial charge in [0, 0.05) is 6.07 Å². The van der Waals surface area contributed by atoms with Gasteiger partial charge in [0.2, 0.25) is 5.88 Å². The van der Waals surface area contributed by atoms with Crippen molar-refractivity contribution in [3.8, 4) is 5.88 Å². The predicted octanol–water partition coefficient (Wildman–Crippen LogP) is 2.27. The van der Waals surface area contributed by atoms with Crippen molar-refractivity contribution in [3.63, 3.8) is 0 Å². The summed E-state index contributed by atoms with van der Waals surface area (Å²) in [5.41, 5.74) is 0. The Balaban J connectivity index is 2.86. The molecule has 1 heterocycles. The summed E-state index contributed by atoms with van der Waals surface area (Å²) in [7, 11) is 0. The Morgan fingerprint density at radius 3 is 3.00 bits per heavy atom. The van der Waals surface area contributed by atoms with Crippen LogP contribution in [-0.2, 0) is 0 Å². The fourth-order valence-electron chi connectivity index (χ4n) is 0.623. The molecule has 0 saturated heterocycles. The van der Waals surface area contributed by atoms with Crippen LogP contribution in [0.2, 0.25) is 5.02 Å². The van der Waals surface area contributed by atoms with Crippen LogP contribution in [0, 0.1) is 5.82 Å². The Bertz CT molecular complexity index is 254. The lowest BCUT2D eigenvalue weighted by Crippen LogP contribution is -1.94. The average Bonchev–Trinajstić information content (AvgIpc) is 1.98. The Hall–Kier alpha value is -0.830. The number of rotatable bonds is 2. The van der Waals surface area contributed by atoms with Crippen LogP contribution in [0.15, 0.2) is 12.3 Å². The summed E-state index contributed by atoms with van der Waals surface area (Å²) < 4.78 is 17.5. The molecule has 0 amide bonds. The van der Waals surface area contributed by atoms with Crippen LogP contribution in [0.5, 0.6) is 5.88 Å². The standard InChI is InChI=1S/C7H7ClFNO/c1-2-11-7-3-5(8)6(9)4-10-7/h3-4H,2H2,1H3. The van der Waals surface area contributed by atoms with E-state index in [-0.39, 0.29) is 5.02 Å². The van der Waals surface area contributed by atoms with Gasteiger partial charge in [-0.15, -0.1) is 0 Å². The van der Waals surface area contributed by atoms with Crippen LogP contribution in [0.25, 0.3) is 0 Å². The molecule has 0 bridgehead atoms. The number of pyridine rings is 1. The highest BCUT2D eigenvalue weighted by Crippen LogP contribution is 2.17. The summed E-state index contributed by atoms with van der Waals surface area (Å²) in [5, 5.41) is 0.0310. The normalized spacial score (nSPS) is 9.73. The molecule has 0 unspecified atom stereocenters. The number of hydrogen-bond acceptors (Lipinski definition) is 2. The van der Waals surface area contributed by atoms with Gasteiger partial charge in [-0.2, -0.15) is 0 Å². The molecular formula is C7H7ClFNO. The minimum atomic E-state index is -0.532. The molecule has 0 atom stereocenters. The van der Waals surface area contributed by atoms with Gasteiger partial charge in [-0.05, 0) is 6.92 Å². The van der Waals surface area contributed by atoms with Gasteiger partial charge in [-0.25, -0.2) is 9.37 Å². The molecule has 0 aliphatic rings. The summed E-state index contributed by atoms with van der Waals surface area (Å²) in [4.78, 5) is 3.65. The number of hydrogen-bond donors (Lipinski definition) is 0. The highest BCUT2D eigenvalue weighted by molar-refractivity contribution is 6.30. The molecule has 0 aromatic carbocycles. The number of halogens is 2. The Labute approximate surface area is 69.0 Å². The summed E-state index contributed by atoms with van der Waals surface area (Å²) >= 11 is 5.45. The molecule has 2 nitrogen and oxygen atoms in total. The molecule has 4 heteroatoms. The first kappa shape index (κ1) is 8.27. The lowest BCUT2D eigenvalue weighted by molar-refractivity contribution is 0.326. The fourth-order valence-corrected chi connectivity index (χ4v) is 0.766. The summed E-state index contributed by atoms with van der Waals surface area (Å²) in [6, 6.07) is 1.35. The molecule has 0 spiro atoms. The number of nitrogens with zero attached hydrogens (tertiary/aromatic N) is 1. The van der Waals surface area contributed by atoms with E-state index in [1.807, 2.05) is 6.92 Å². The van der Waals surface area contributed by atoms with Crippen molar-refractivity contribution in [3.05, 3.63) is 23.1 Å². The molecule has 0 aliphatic heterocycles. The van der Waals surface area contributed by atoms with Crippen LogP contribution in [0.1, 0.15) is 6.92 Å². The van der Waals surface area contributed by atoms with Crippen molar-refractivity contribution in [2.45, 2.75) is 6.92 Å². The van der Waals surface area contributed by atoms with Crippen molar-refractivity contribution >= 4 is 11.6 Å². The summed E-state index contributed by atoms with van der Waals surface area (Å²) in [5.74, 6) is -0.186. The van der Waals surface area contributed by atoms with E-state index >= 15 is 0 Å². The molecule has 1 aromatic rings. The second-order valence-corrected chi connectivity index (χ2v) is 2.28. The van der Waals surface area contributed by atoms with Gasteiger partial charge < -0.3 is 4.74 Å². The fraction of sp³-hybridized carbons (Fsp3) is 0.286. The largest absolute Gasteiger partial charge is 0.478 e. The smallest absolute Gasteiger partial charge is 0.214 e. The van der Waals surface area contributed by atoms with Crippen molar-refractivity contribution in [1.29, 1.82) is 0 Å². The van der Waals surface area contributed by atoms with Gasteiger partial charge in [0.15, 0.2) is 5.82 Å². The molecule has 0 saturated carbocycles. The molecule has 60 valence electrons. The molecule has 0 fully saturated rings. The maximum atomic E-state index is 12.5. The zero-order valence-corrected chi connectivity index (χ0v) is 6.73. The third-order valence-electron chi connectivity index (χ3n) is 1.08. The first-order valence-electron chi connectivity index (χ1n) is 3.18. The molecule has 1 rings (SSSR count).